The Hall–Kier alpha value is -1.92. The van der Waals surface area contributed by atoms with E-state index in [0.29, 0.717) is 24.6 Å². The van der Waals surface area contributed by atoms with E-state index in [1.54, 1.807) is 36.5 Å². The summed E-state index contributed by atoms with van der Waals surface area (Å²) in [4.78, 5) is 4.37. The van der Waals surface area contributed by atoms with E-state index < -0.39 is 5.60 Å². The van der Waals surface area contributed by atoms with Gasteiger partial charge in [-0.3, -0.25) is 0 Å². The molecule has 0 aliphatic heterocycles. The Labute approximate surface area is 140 Å². The zero-order chi connectivity index (χ0) is 16.7. The summed E-state index contributed by atoms with van der Waals surface area (Å²) in [7, 11) is 0. The molecule has 124 valence electrons. The summed E-state index contributed by atoms with van der Waals surface area (Å²) in [5.74, 6) is 0.281. The van der Waals surface area contributed by atoms with Crippen LogP contribution in [0.1, 0.15) is 25.0 Å². The Morgan fingerprint density at radius 2 is 2.09 bits per heavy atom. The lowest BCUT2D eigenvalue weighted by atomic mass is 9.99. The number of benzene rings is 1. The average Bonchev–Trinajstić information content (AvgIpc) is 3.07. The highest BCUT2D eigenvalue weighted by Gasteiger charge is 2.23. The van der Waals surface area contributed by atoms with Gasteiger partial charge in [-0.25, -0.2) is 9.38 Å². The van der Waals surface area contributed by atoms with E-state index >= 15 is 0 Å². The monoisotopic (exact) mass is 335 g/mol. The maximum Gasteiger partial charge on any atom is 0.191 e. The van der Waals surface area contributed by atoms with Crippen LogP contribution in [0.2, 0.25) is 0 Å². The molecule has 0 saturated heterocycles. The van der Waals surface area contributed by atoms with Crippen molar-refractivity contribution in [1.82, 2.24) is 10.6 Å². The van der Waals surface area contributed by atoms with Gasteiger partial charge in [-0.1, -0.05) is 18.2 Å². The lowest BCUT2D eigenvalue weighted by molar-refractivity contribution is 0.0621. The molecule has 0 amide bonds. The van der Waals surface area contributed by atoms with E-state index in [1.165, 1.54) is 6.07 Å². The van der Waals surface area contributed by atoms with Gasteiger partial charge in [0.2, 0.25) is 0 Å². The summed E-state index contributed by atoms with van der Waals surface area (Å²) < 4.78 is 13.6. The number of guanidine groups is 1. The fourth-order valence-electron chi connectivity index (χ4n) is 2.06. The predicted molar refractivity (Wildman–Crippen MR) is 93.1 cm³/mol. The normalized spacial score (nSPS) is 14.3. The van der Waals surface area contributed by atoms with Crippen LogP contribution in [0.3, 0.4) is 0 Å². The van der Waals surface area contributed by atoms with Crippen LogP contribution in [0, 0.1) is 5.82 Å². The molecule has 6 heteroatoms. The van der Waals surface area contributed by atoms with Crippen molar-refractivity contribution in [3.8, 4) is 0 Å². The molecule has 2 aromatic rings. The third-order valence-corrected chi connectivity index (χ3v) is 4.14. The van der Waals surface area contributed by atoms with Gasteiger partial charge in [0.05, 0.1) is 13.1 Å². The SMILES string of the molecule is CCNC(=NCc1ccccc1F)NCC(C)(O)c1ccsc1. The van der Waals surface area contributed by atoms with Crippen LogP contribution in [-0.2, 0) is 12.1 Å². The molecule has 0 spiro atoms. The number of aliphatic hydroxyl groups is 1. The molecule has 3 N–H and O–H groups in total. The minimum Gasteiger partial charge on any atom is -0.384 e. The topological polar surface area (TPSA) is 56.7 Å². The molecule has 1 heterocycles. The Morgan fingerprint density at radius 3 is 2.74 bits per heavy atom. The first-order chi connectivity index (χ1) is 11.0. The van der Waals surface area contributed by atoms with Crippen molar-refractivity contribution in [2.45, 2.75) is 26.0 Å². The Balaban J connectivity index is 2.01. The Morgan fingerprint density at radius 1 is 1.30 bits per heavy atom. The summed E-state index contributed by atoms with van der Waals surface area (Å²) >= 11 is 1.54. The van der Waals surface area contributed by atoms with Gasteiger partial charge in [-0.05, 0) is 42.3 Å². The second-order valence-corrected chi connectivity index (χ2v) is 6.21. The molecule has 1 aromatic carbocycles. The third kappa shape index (κ3) is 5.04. The Bertz CT molecular complexity index is 641. The molecule has 0 fully saturated rings. The smallest absolute Gasteiger partial charge is 0.191 e. The van der Waals surface area contributed by atoms with E-state index in [4.69, 9.17) is 0 Å². The molecule has 0 saturated carbocycles. The molecule has 1 aromatic heterocycles. The molecule has 4 nitrogen and oxygen atoms in total. The van der Waals surface area contributed by atoms with E-state index in [9.17, 15) is 9.50 Å². The molecule has 23 heavy (non-hydrogen) atoms. The van der Waals surface area contributed by atoms with Gasteiger partial charge >= 0.3 is 0 Å². The maximum atomic E-state index is 13.6. The standard InChI is InChI=1S/C17H22FN3OS/c1-3-19-16(20-10-13-6-4-5-7-15(13)18)21-12-17(2,22)14-8-9-23-11-14/h4-9,11,22H,3,10,12H2,1-2H3,(H2,19,20,21). The number of hydrogen-bond donors (Lipinski definition) is 3. The molecule has 0 aliphatic rings. The molecule has 1 atom stereocenters. The second kappa shape index (κ2) is 8.08. The summed E-state index contributed by atoms with van der Waals surface area (Å²) in [6.45, 7) is 4.94. The van der Waals surface area contributed by atoms with Gasteiger partial charge in [0.1, 0.15) is 11.4 Å². The van der Waals surface area contributed by atoms with Crippen LogP contribution in [0.5, 0.6) is 0 Å². The van der Waals surface area contributed by atoms with Gasteiger partial charge in [-0.2, -0.15) is 11.3 Å². The van der Waals surface area contributed by atoms with Gasteiger partial charge in [0, 0.05) is 12.1 Å². The zero-order valence-electron chi connectivity index (χ0n) is 13.3. The summed E-state index contributed by atoms with van der Waals surface area (Å²) in [6.07, 6.45) is 0. The van der Waals surface area contributed by atoms with Gasteiger partial charge in [-0.15, -0.1) is 0 Å². The van der Waals surface area contributed by atoms with Crippen molar-refractivity contribution in [1.29, 1.82) is 0 Å². The summed E-state index contributed by atoms with van der Waals surface area (Å²) in [6, 6.07) is 8.48. The largest absolute Gasteiger partial charge is 0.384 e. The number of aliphatic imine (C=N–C) groups is 1. The van der Waals surface area contributed by atoms with Crippen LogP contribution >= 0.6 is 11.3 Å². The second-order valence-electron chi connectivity index (χ2n) is 5.43. The van der Waals surface area contributed by atoms with Gasteiger partial charge < -0.3 is 15.7 Å². The first kappa shape index (κ1) is 17.4. The predicted octanol–water partition coefficient (Wildman–Crippen LogP) is 2.85. The minimum atomic E-state index is -0.992. The number of halogens is 1. The number of nitrogens with zero attached hydrogens (tertiary/aromatic N) is 1. The molecular formula is C17H22FN3OS. The van der Waals surface area contributed by atoms with Gasteiger partial charge in [0.25, 0.3) is 0 Å². The van der Waals surface area contributed by atoms with Crippen molar-refractivity contribution < 1.29 is 9.50 Å². The lowest BCUT2D eigenvalue weighted by Gasteiger charge is -2.24. The highest BCUT2D eigenvalue weighted by atomic mass is 32.1. The van der Waals surface area contributed by atoms with Crippen LogP contribution in [0.4, 0.5) is 4.39 Å². The molecule has 1 unspecified atom stereocenters. The van der Waals surface area contributed by atoms with E-state index in [2.05, 4.69) is 15.6 Å². The summed E-state index contributed by atoms with van der Waals surface area (Å²) in [5.41, 5.74) is 0.406. The lowest BCUT2D eigenvalue weighted by Crippen LogP contribution is -2.44. The first-order valence-corrected chi connectivity index (χ1v) is 8.48. The van der Waals surface area contributed by atoms with E-state index in [1.807, 2.05) is 23.8 Å². The quantitative estimate of drug-likeness (QED) is 0.562. The van der Waals surface area contributed by atoms with E-state index in [-0.39, 0.29) is 12.4 Å². The number of hydrogen-bond acceptors (Lipinski definition) is 3. The average molecular weight is 335 g/mol. The third-order valence-electron chi connectivity index (χ3n) is 3.45. The molecular weight excluding hydrogens is 313 g/mol. The summed E-state index contributed by atoms with van der Waals surface area (Å²) in [5, 5.41) is 20.6. The van der Waals surface area contributed by atoms with Crippen LogP contribution in [0.15, 0.2) is 46.1 Å². The van der Waals surface area contributed by atoms with Crippen molar-refractivity contribution in [3.05, 3.63) is 58.0 Å². The molecule has 0 radical (unpaired) electrons. The van der Waals surface area contributed by atoms with Crippen molar-refractivity contribution in [2.75, 3.05) is 13.1 Å². The van der Waals surface area contributed by atoms with Crippen LogP contribution in [-0.4, -0.2) is 24.2 Å². The highest BCUT2D eigenvalue weighted by molar-refractivity contribution is 7.08. The van der Waals surface area contributed by atoms with Crippen molar-refractivity contribution in [2.24, 2.45) is 4.99 Å². The van der Waals surface area contributed by atoms with Crippen molar-refractivity contribution >= 4 is 17.3 Å². The van der Waals surface area contributed by atoms with Crippen LogP contribution < -0.4 is 10.6 Å². The minimum absolute atomic E-state index is 0.239. The zero-order valence-corrected chi connectivity index (χ0v) is 14.2. The van der Waals surface area contributed by atoms with Crippen molar-refractivity contribution in [3.63, 3.8) is 0 Å². The maximum absolute atomic E-state index is 13.6. The number of thiophene rings is 1. The number of rotatable bonds is 6. The first-order valence-electron chi connectivity index (χ1n) is 7.53. The molecule has 0 bridgehead atoms. The highest BCUT2D eigenvalue weighted by Crippen LogP contribution is 2.21. The van der Waals surface area contributed by atoms with Gasteiger partial charge in [0.15, 0.2) is 5.96 Å². The van der Waals surface area contributed by atoms with Crippen LogP contribution in [0.25, 0.3) is 0 Å². The number of nitrogens with one attached hydrogen (secondary N) is 2. The Kier molecular flexibility index (Phi) is 6.12. The fourth-order valence-corrected chi connectivity index (χ4v) is 2.84. The molecule has 0 aliphatic carbocycles. The van der Waals surface area contributed by atoms with E-state index in [0.717, 1.165) is 5.56 Å². The fraction of sp³-hybridized carbons (Fsp3) is 0.353. The molecule has 2 rings (SSSR count).